The molecular weight excluding hydrogens is 264 g/mol. The molecule has 5 nitrogen and oxygen atoms in total. The molecule has 0 aliphatic rings. The third-order valence-electron chi connectivity index (χ3n) is 2.93. The molecule has 0 saturated heterocycles. The summed E-state index contributed by atoms with van der Waals surface area (Å²) in [6.07, 6.45) is 2.32. The number of hydrogen-bond acceptors (Lipinski definition) is 4. The van der Waals surface area contributed by atoms with E-state index in [0.717, 1.165) is 6.42 Å². The van der Waals surface area contributed by atoms with Crippen molar-refractivity contribution in [2.45, 2.75) is 38.6 Å². The number of hydrogen-bond donors (Lipinski definition) is 1. The van der Waals surface area contributed by atoms with Gasteiger partial charge in [-0.15, -0.1) is 6.58 Å². The van der Waals surface area contributed by atoms with Gasteiger partial charge in [0.2, 0.25) is 10.0 Å². The van der Waals surface area contributed by atoms with Crippen LogP contribution in [0.1, 0.15) is 30.4 Å². The third-order valence-corrected chi connectivity index (χ3v) is 4.99. The van der Waals surface area contributed by atoms with Crippen LogP contribution in [0.4, 0.5) is 0 Å². The van der Waals surface area contributed by atoms with Crippen molar-refractivity contribution in [3.05, 3.63) is 29.7 Å². The lowest BCUT2D eigenvalue weighted by Crippen LogP contribution is -2.33. The van der Waals surface area contributed by atoms with Crippen LogP contribution in [0.2, 0.25) is 0 Å². The number of sulfonamides is 1. The SMILES string of the molecule is C=CCN(CCC)S(=O)(=O)c1c(C)oc(C)c1CN. The average Bonchev–Trinajstić information content (AvgIpc) is 2.63. The molecule has 6 heteroatoms. The average molecular weight is 286 g/mol. The van der Waals surface area contributed by atoms with Gasteiger partial charge in [-0.25, -0.2) is 8.42 Å². The number of nitrogens with two attached hydrogens (primary N) is 1. The molecule has 1 aromatic heterocycles. The van der Waals surface area contributed by atoms with E-state index in [2.05, 4.69) is 6.58 Å². The second-order valence-corrected chi connectivity index (χ2v) is 6.25. The Balaban J connectivity index is 3.36. The van der Waals surface area contributed by atoms with Crippen molar-refractivity contribution in [3.8, 4) is 0 Å². The van der Waals surface area contributed by atoms with Gasteiger partial charge in [0.05, 0.1) is 0 Å². The van der Waals surface area contributed by atoms with E-state index in [4.69, 9.17) is 10.2 Å². The van der Waals surface area contributed by atoms with Crippen LogP contribution in [0, 0.1) is 13.8 Å². The summed E-state index contributed by atoms with van der Waals surface area (Å²) in [6, 6.07) is 0. The molecule has 108 valence electrons. The maximum atomic E-state index is 12.7. The van der Waals surface area contributed by atoms with Gasteiger partial charge in [-0.2, -0.15) is 4.31 Å². The lowest BCUT2D eigenvalue weighted by Gasteiger charge is -2.20. The van der Waals surface area contributed by atoms with Crippen molar-refractivity contribution in [1.29, 1.82) is 0 Å². The van der Waals surface area contributed by atoms with Gasteiger partial charge in [0.25, 0.3) is 0 Å². The van der Waals surface area contributed by atoms with Crippen molar-refractivity contribution in [3.63, 3.8) is 0 Å². The quantitative estimate of drug-likeness (QED) is 0.777. The Labute approximate surface area is 115 Å². The number of nitrogens with zero attached hydrogens (tertiary/aromatic N) is 1. The zero-order valence-corrected chi connectivity index (χ0v) is 12.6. The maximum absolute atomic E-state index is 12.7. The van der Waals surface area contributed by atoms with Gasteiger partial charge in [-0.1, -0.05) is 13.0 Å². The van der Waals surface area contributed by atoms with E-state index in [1.54, 1.807) is 19.9 Å². The first-order valence-electron chi connectivity index (χ1n) is 6.30. The molecule has 0 radical (unpaired) electrons. The summed E-state index contributed by atoms with van der Waals surface area (Å²) in [5.74, 6) is 0.955. The fourth-order valence-electron chi connectivity index (χ4n) is 2.12. The predicted octanol–water partition coefficient (Wildman–Crippen LogP) is 1.94. The largest absolute Gasteiger partial charge is 0.465 e. The molecule has 1 aromatic rings. The molecule has 0 bridgehead atoms. The summed E-state index contributed by atoms with van der Waals surface area (Å²) >= 11 is 0. The zero-order chi connectivity index (χ0) is 14.6. The van der Waals surface area contributed by atoms with Crippen LogP contribution in [-0.2, 0) is 16.6 Å². The minimum atomic E-state index is -3.59. The van der Waals surface area contributed by atoms with E-state index in [1.165, 1.54) is 4.31 Å². The molecule has 1 heterocycles. The Bertz CT molecular complexity index is 546. The Morgan fingerprint density at radius 1 is 1.37 bits per heavy atom. The van der Waals surface area contributed by atoms with E-state index in [-0.39, 0.29) is 18.0 Å². The van der Waals surface area contributed by atoms with Crippen LogP contribution in [0.5, 0.6) is 0 Å². The fraction of sp³-hybridized carbons (Fsp3) is 0.538. The van der Waals surface area contributed by atoms with Crippen LogP contribution in [0.15, 0.2) is 22.0 Å². The molecule has 2 N–H and O–H groups in total. The van der Waals surface area contributed by atoms with Crippen LogP contribution < -0.4 is 5.73 Å². The first-order valence-corrected chi connectivity index (χ1v) is 7.74. The van der Waals surface area contributed by atoms with Crippen LogP contribution >= 0.6 is 0 Å². The van der Waals surface area contributed by atoms with Crippen LogP contribution in [0.3, 0.4) is 0 Å². The Morgan fingerprint density at radius 3 is 2.47 bits per heavy atom. The molecule has 0 aliphatic carbocycles. The Morgan fingerprint density at radius 2 is 2.00 bits per heavy atom. The first-order chi connectivity index (χ1) is 8.89. The topological polar surface area (TPSA) is 76.5 Å². The van der Waals surface area contributed by atoms with Gasteiger partial charge in [0.15, 0.2) is 0 Å². The molecule has 0 saturated carbocycles. The lowest BCUT2D eigenvalue weighted by molar-refractivity contribution is 0.437. The van der Waals surface area contributed by atoms with Gasteiger partial charge in [-0.05, 0) is 20.3 Å². The summed E-state index contributed by atoms with van der Waals surface area (Å²) in [5.41, 5.74) is 6.20. The highest BCUT2D eigenvalue weighted by molar-refractivity contribution is 7.89. The van der Waals surface area contributed by atoms with Gasteiger partial charge < -0.3 is 10.2 Å². The van der Waals surface area contributed by atoms with Gasteiger partial charge >= 0.3 is 0 Å². The van der Waals surface area contributed by atoms with Crippen molar-refractivity contribution >= 4 is 10.0 Å². The minimum absolute atomic E-state index is 0.145. The van der Waals surface area contributed by atoms with Crippen LogP contribution in [0.25, 0.3) is 0 Å². The fourth-order valence-corrected chi connectivity index (χ4v) is 4.04. The predicted molar refractivity (Wildman–Crippen MR) is 75.3 cm³/mol. The molecule has 0 atom stereocenters. The first kappa shape index (κ1) is 15.9. The minimum Gasteiger partial charge on any atom is -0.465 e. The second-order valence-electron chi connectivity index (χ2n) is 4.38. The number of aryl methyl sites for hydroxylation is 2. The van der Waals surface area contributed by atoms with Crippen molar-refractivity contribution < 1.29 is 12.8 Å². The molecule has 0 amide bonds. The summed E-state index contributed by atoms with van der Waals surface area (Å²) in [6.45, 7) is 9.79. The molecule has 0 unspecified atom stereocenters. The normalized spacial score (nSPS) is 12.1. The van der Waals surface area contributed by atoms with Crippen molar-refractivity contribution in [2.75, 3.05) is 13.1 Å². The number of furan rings is 1. The molecule has 0 spiro atoms. The lowest BCUT2D eigenvalue weighted by atomic mass is 10.2. The Kier molecular flexibility index (Phi) is 5.34. The van der Waals surface area contributed by atoms with E-state index < -0.39 is 10.0 Å². The monoisotopic (exact) mass is 286 g/mol. The highest BCUT2D eigenvalue weighted by atomic mass is 32.2. The van der Waals surface area contributed by atoms with E-state index in [9.17, 15) is 8.42 Å². The second kappa shape index (κ2) is 6.36. The Hall–Kier alpha value is -1.11. The number of rotatable bonds is 7. The summed E-state index contributed by atoms with van der Waals surface area (Å²) in [4.78, 5) is 0.211. The van der Waals surface area contributed by atoms with Crippen molar-refractivity contribution in [2.24, 2.45) is 5.73 Å². The smallest absolute Gasteiger partial charge is 0.247 e. The van der Waals surface area contributed by atoms with Crippen LogP contribution in [-0.4, -0.2) is 25.8 Å². The molecule has 1 rings (SSSR count). The van der Waals surface area contributed by atoms with Crippen molar-refractivity contribution in [1.82, 2.24) is 4.31 Å². The van der Waals surface area contributed by atoms with Gasteiger partial charge in [-0.3, -0.25) is 0 Å². The molecule has 0 aliphatic heterocycles. The highest BCUT2D eigenvalue weighted by Crippen LogP contribution is 2.29. The molecule has 19 heavy (non-hydrogen) atoms. The highest BCUT2D eigenvalue weighted by Gasteiger charge is 2.30. The van der Waals surface area contributed by atoms with E-state index in [1.807, 2.05) is 6.92 Å². The van der Waals surface area contributed by atoms with Gasteiger partial charge in [0.1, 0.15) is 16.4 Å². The van der Waals surface area contributed by atoms with E-state index in [0.29, 0.717) is 23.6 Å². The summed E-state index contributed by atoms with van der Waals surface area (Å²) < 4.78 is 32.2. The zero-order valence-electron chi connectivity index (χ0n) is 11.8. The van der Waals surface area contributed by atoms with E-state index >= 15 is 0 Å². The standard InChI is InChI=1S/C13H22N2O3S/c1-5-7-15(8-6-2)19(16,17)13-11(4)18-10(3)12(13)9-14/h5H,1,6-9,14H2,2-4H3. The molecular formula is C13H22N2O3S. The van der Waals surface area contributed by atoms with Gasteiger partial charge in [0, 0.05) is 25.2 Å². The third kappa shape index (κ3) is 3.08. The molecule has 0 fully saturated rings. The summed E-state index contributed by atoms with van der Waals surface area (Å²) in [7, 11) is -3.59. The molecule has 0 aromatic carbocycles. The summed E-state index contributed by atoms with van der Waals surface area (Å²) in [5, 5.41) is 0. The maximum Gasteiger partial charge on any atom is 0.247 e.